The van der Waals surface area contributed by atoms with Crippen molar-refractivity contribution in [3.05, 3.63) is 69.9 Å². The van der Waals surface area contributed by atoms with Crippen LogP contribution in [0.25, 0.3) is 0 Å². The third-order valence-electron chi connectivity index (χ3n) is 9.11. The van der Waals surface area contributed by atoms with Crippen molar-refractivity contribution >= 4 is 0 Å². The van der Waals surface area contributed by atoms with Crippen molar-refractivity contribution in [3.8, 4) is 0 Å². The maximum absolute atomic E-state index is 10.5. The molecule has 2 aliphatic rings. The van der Waals surface area contributed by atoms with Crippen LogP contribution in [0.4, 0.5) is 0 Å². The Bertz CT molecular complexity index is 1150. The summed E-state index contributed by atoms with van der Waals surface area (Å²) in [5.74, 6) is 0. The van der Waals surface area contributed by atoms with Crippen LogP contribution < -0.4 is 0 Å². The molecule has 0 aromatic carbocycles. The van der Waals surface area contributed by atoms with Crippen LogP contribution in [0.3, 0.4) is 0 Å². The van der Waals surface area contributed by atoms with Gasteiger partial charge in [-0.2, -0.15) is 0 Å². The Hall–Kier alpha value is -1.92. The van der Waals surface area contributed by atoms with Gasteiger partial charge >= 0.3 is 0 Å². The van der Waals surface area contributed by atoms with Crippen molar-refractivity contribution in [1.82, 2.24) is 0 Å². The van der Waals surface area contributed by atoms with E-state index in [0.717, 1.165) is 69.8 Å². The summed E-state index contributed by atoms with van der Waals surface area (Å²) >= 11 is 0. The second-order valence-corrected chi connectivity index (χ2v) is 14.2. The molecule has 0 aromatic heterocycles. The van der Waals surface area contributed by atoms with E-state index in [1.165, 1.54) is 27.9 Å². The fourth-order valence-corrected chi connectivity index (χ4v) is 5.67. The number of aliphatic hydroxyl groups excluding tert-OH is 5. The predicted octanol–water partition coefficient (Wildman–Crippen LogP) is 6.50. The first-order valence-electron chi connectivity index (χ1n) is 18.1. The monoisotopic (exact) mass is 690 g/mol. The summed E-state index contributed by atoms with van der Waals surface area (Å²) in [6, 6.07) is 0. The van der Waals surface area contributed by atoms with Crippen LogP contribution in [0.2, 0.25) is 0 Å². The minimum atomic E-state index is -1.50. The van der Waals surface area contributed by atoms with Crippen LogP contribution >= 0.6 is 0 Å². The molecule has 5 N–H and O–H groups in total. The zero-order valence-corrected chi connectivity index (χ0v) is 31.1. The van der Waals surface area contributed by atoms with Crippen molar-refractivity contribution in [3.63, 3.8) is 0 Å². The molecule has 0 amide bonds. The third kappa shape index (κ3) is 17.2. The summed E-state index contributed by atoms with van der Waals surface area (Å²) < 4.78 is 22.0. The maximum atomic E-state index is 10.5. The first-order valence-corrected chi connectivity index (χ1v) is 18.1. The molecule has 8 atom stereocenters. The normalized spacial score (nSPS) is 29.3. The standard InChI is InChI=1S/C40H66O9/c1-27(2)13-8-14-28(3)15-9-16-29(4)17-10-18-30(5)19-11-20-31(6)21-12-22-32(7)23-24-46-39-38(45)36(43)34(26-48-39)49-40-37(44)35(42)33(41)25-47-40/h13,15,17,19,21,23,33-45H,8-12,14,16,18,20,22,24-26H2,1-7H3. The molecular weight excluding hydrogens is 624 g/mol. The van der Waals surface area contributed by atoms with Crippen LogP contribution in [0, 0.1) is 0 Å². The molecule has 0 saturated carbocycles. The molecule has 280 valence electrons. The Balaban J connectivity index is 1.61. The van der Waals surface area contributed by atoms with Gasteiger partial charge in [0.1, 0.15) is 36.6 Å². The molecule has 2 saturated heterocycles. The summed E-state index contributed by atoms with van der Waals surface area (Å²) in [7, 11) is 0. The van der Waals surface area contributed by atoms with Gasteiger partial charge in [0.25, 0.3) is 0 Å². The first-order chi connectivity index (χ1) is 23.3. The van der Waals surface area contributed by atoms with Gasteiger partial charge in [-0.25, -0.2) is 0 Å². The van der Waals surface area contributed by atoms with E-state index in [0.29, 0.717) is 0 Å². The minimum absolute atomic E-state index is 0.109. The average molecular weight is 691 g/mol. The van der Waals surface area contributed by atoms with Crippen molar-refractivity contribution in [2.45, 2.75) is 162 Å². The van der Waals surface area contributed by atoms with Crippen molar-refractivity contribution in [2.75, 3.05) is 19.8 Å². The minimum Gasteiger partial charge on any atom is -0.388 e. The van der Waals surface area contributed by atoms with Gasteiger partial charge in [0.05, 0.1) is 19.8 Å². The number of aliphatic hydroxyl groups is 5. The Labute approximate surface area is 295 Å². The predicted molar refractivity (Wildman–Crippen MR) is 195 cm³/mol. The Morgan fingerprint density at radius 2 is 0.918 bits per heavy atom. The Morgan fingerprint density at radius 3 is 1.39 bits per heavy atom. The van der Waals surface area contributed by atoms with E-state index in [4.69, 9.17) is 18.9 Å². The van der Waals surface area contributed by atoms with Gasteiger partial charge in [-0.05, 0) is 113 Å². The molecule has 2 fully saturated rings. The van der Waals surface area contributed by atoms with Gasteiger partial charge in [0, 0.05) is 0 Å². The second-order valence-electron chi connectivity index (χ2n) is 14.2. The smallest absolute Gasteiger partial charge is 0.186 e. The maximum Gasteiger partial charge on any atom is 0.186 e. The summed E-state index contributed by atoms with van der Waals surface area (Å²) in [6.45, 7) is 15.1. The number of hydrogen-bond donors (Lipinski definition) is 5. The lowest BCUT2D eigenvalue weighted by atomic mass is 10.0. The van der Waals surface area contributed by atoms with Crippen LogP contribution in [0.5, 0.6) is 0 Å². The SMILES string of the molecule is CC(C)=CCCC(C)=CCCC(C)=CCCC(C)=CCCC(C)=CCCC(C)=CCOC1OCC(OC2OCC(O)C(O)C2O)C(O)C1O. The number of rotatable bonds is 20. The lowest BCUT2D eigenvalue weighted by Crippen LogP contribution is -2.59. The molecule has 0 radical (unpaired) electrons. The molecular formula is C40H66O9. The second kappa shape index (κ2) is 23.5. The lowest BCUT2D eigenvalue weighted by molar-refractivity contribution is -0.327. The molecule has 2 rings (SSSR count). The van der Waals surface area contributed by atoms with E-state index in [1.807, 2.05) is 13.0 Å². The molecule has 2 aliphatic heterocycles. The molecule has 0 aromatic rings. The highest BCUT2D eigenvalue weighted by Crippen LogP contribution is 2.24. The van der Waals surface area contributed by atoms with Crippen LogP contribution in [-0.2, 0) is 18.9 Å². The van der Waals surface area contributed by atoms with Crippen LogP contribution in [0.1, 0.15) is 113 Å². The van der Waals surface area contributed by atoms with E-state index in [2.05, 4.69) is 71.9 Å². The Morgan fingerprint density at radius 1 is 0.510 bits per heavy atom. The summed E-state index contributed by atoms with van der Waals surface area (Å²) in [6.07, 6.45) is 14.2. The van der Waals surface area contributed by atoms with Crippen molar-refractivity contribution in [1.29, 1.82) is 0 Å². The summed E-state index contributed by atoms with van der Waals surface area (Å²) in [5, 5.41) is 50.5. The van der Waals surface area contributed by atoms with Gasteiger partial charge in [-0.15, -0.1) is 0 Å². The largest absolute Gasteiger partial charge is 0.388 e. The number of allylic oxidation sites excluding steroid dienone is 11. The van der Waals surface area contributed by atoms with Crippen molar-refractivity contribution < 1.29 is 44.5 Å². The highest BCUT2D eigenvalue weighted by Gasteiger charge is 2.44. The lowest BCUT2D eigenvalue weighted by Gasteiger charge is -2.41. The number of ether oxygens (including phenoxy) is 4. The molecule has 2 heterocycles. The fourth-order valence-electron chi connectivity index (χ4n) is 5.67. The van der Waals surface area contributed by atoms with Crippen LogP contribution in [-0.4, -0.2) is 94.6 Å². The zero-order valence-electron chi connectivity index (χ0n) is 31.1. The molecule has 9 nitrogen and oxygen atoms in total. The Kier molecular flexibility index (Phi) is 20.8. The molecule has 8 unspecified atom stereocenters. The fraction of sp³-hybridized carbons (Fsp3) is 0.700. The highest BCUT2D eigenvalue weighted by atomic mass is 16.7. The van der Waals surface area contributed by atoms with Gasteiger partial charge in [0.15, 0.2) is 12.6 Å². The van der Waals surface area contributed by atoms with E-state index in [1.54, 1.807) is 0 Å². The molecule has 9 heteroatoms. The van der Waals surface area contributed by atoms with Crippen LogP contribution in [0.15, 0.2) is 69.9 Å². The van der Waals surface area contributed by atoms with Gasteiger partial charge in [-0.1, -0.05) is 69.9 Å². The van der Waals surface area contributed by atoms with E-state index < -0.39 is 49.2 Å². The average Bonchev–Trinajstić information content (AvgIpc) is 3.04. The molecule has 49 heavy (non-hydrogen) atoms. The number of hydrogen-bond acceptors (Lipinski definition) is 9. The molecule has 0 aliphatic carbocycles. The van der Waals surface area contributed by atoms with Gasteiger partial charge < -0.3 is 44.5 Å². The zero-order chi connectivity index (χ0) is 36.3. The van der Waals surface area contributed by atoms with Crippen molar-refractivity contribution in [2.24, 2.45) is 0 Å². The highest BCUT2D eigenvalue weighted by molar-refractivity contribution is 5.09. The van der Waals surface area contributed by atoms with E-state index in [9.17, 15) is 25.5 Å². The quantitative estimate of drug-likeness (QED) is 0.0906. The summed E-state index contributed by atoms with van der Waals surface area (Å²) in [4.78, 5) is 0. The third-order valence-corrected chi connectivity index (χ3v) is 9.11. The first kappa shape index (κ1) is 43.2. The topological polar surface area (TPSA) is 138 Å². The van der Waals surface area contributed by atoms with Gasteiger partial charge in [0.2, 0.25) is 0 Å². The molecule has 0 bridgehead atoms. The molecule has 0 spiro atoms. The van der Waals surface area contributed by atoms with E-state index in [-0.39, 0.29) is 19.8 Å². The summed E-state index contributed by atoms with van der Waals surface area (Å²) in [5.41, 5.74) is 8.35. The van der Waals surface area contributed by atoms with Gasteiger partial charge in [-0.3, -0.25) is 0 Å². The van der Waals surface area contributed by atoms with E-state index >= 15 is 0 Å².